The second-order valence-electron chi connectivity index (χ2n) is 4.34. The number of hydrogen-bond acceptors (Lipinski definition) is 8. The average molecular weight is 324 g/mol. The summed E-state index contributed by atoms with van der Waals surface area (Å²) in [4.78, 5) is 34.3. The maximum Gasteiger partial charge on any atom is 0.348 e. The van der Waals surface area contributed by atoms with Gasteiger partial charge in [0.1, 0.15) is 28.3 Å². The third-order valence-electron chi connectivity index (χ3n) is 2.67. The van der Waals surface area contributed by atoms with E-state index in [4.69, 9.17) is 20.5 Å². The van der Waals surface area contributed by atoms with Crippen molar-refractivity contribution in [2.24, 2.45) is 0 Å². The molecule has 1 aromatic rings. The fourth-order valence-electron chi connectivity index (χ4n) is 1.61. The molecule has 8 heteroatoms. The van der Waals surface area contributed by atoms with E-state index in [1.165, 1.54) is 6.92 Å². The quantitative estimate of drug-likeness (QED) is 0.759. The Morgan fingerprint density at radius 2 is 1.95 bits per heavy atom. The molecule has 0 radical (unpaired) electrons. The van der Waals surface area contributed by atoms with Crippen molar-refractivity contribution in [3.05, 3.63) is 16.0 Å². The van der Waals surface area contributed by atoms with Crippen LogP contribution in [-0.4, -0.2) is 24.3 Å². The molecule has 7 nitrogen and oxygen atoms in total. The van der Waals surface area contributed by atoms with E-state index in [0.717, 1.165) is 11.3 Å². The number of nitrogens with zero attached hydrogens (tertiary/aromatic N) is 1. The first-order chi connectivity index (χ1) is 10.4. The third-order valence-corrected chi connectivity index (χ3v) is 3.71. The summed E-state index contributed by atoms with van der Waals surface area (Å²) in [6, 6.07) is 1.89. The van der Waals surface area contributed by atoms with Crippen LogP contribution < -0.4 is 5.73 Å². The van der Waals surface area contributed by atoms with Crippen LogP contribution in [0.1, 0.15) is 47.5 Å². The zero-order valence-electron chi connectivity index (χ0n) is 12.3. The van der Waals surface area contributed by atoms with Gasteiger partial charge in [0.2, 0.25) is 0 Å². The Balaban J connectivity index is 2.88. The summed E-state index contributed by atoms with van der Waals surface area (Å²) in [6.07, 6.45) is 0.0338. The molecule has 0 aromatic carbocycles. The number of esters is 2. The molecule has 0 fully saturated rings. The average Bonchev–Trinajstić information content (AvgIpc) is 2.79. The zero-order chi connectivity index (χ0) is 16.7. The predicted octanol–water partition coefficient (Wildman–Crippen LogP) is 1.79. The monoisotopic (exact) mass is 324 g/mol. The number of Topliss-reactive ketones (excluding diaryl/α,β-unsaturated/α-hetero) is 1. The highest BCUT2D eigenvalue weighted by Gasteiger charge is 2.23. The van der Waals surface area contributed by atoms with Crippen molar-refractivity contribution in [2.75, 3.05) is 12.3 Å². The zero-order valence-corrected chi connectivity index (χ0v) is 13.1. The molecule has 1 aromatic heterocycles. The number of ether oxygens (including phenoxy) is 2. The minimum absolute atomic E-state index is 0.0500. The third kappa shape index (κ3) is 4.56. The summed E-state index contributed by atoms with van der Waals surface area (Å²) in [5.41, 5.74) is 6.03. The normalized spacial score (nSPS) is 9.86. The van der Waals surface area contributed by atoms with Crippen LogP contribution in [0.25, 0.3) is 0 Å². The highest BCUT2D eigenvalue weighted by Crippen LogP contribution is 2.31. The Kier molecular flexibility index (Phi) is 6.53. The molecule has 0 saturated carbocycles. The number of anilines is 1. The van der Waals surface area contributed by atoms with Crippen molar-refractivity contribution in [3.63, 3.8) is 0 Å². The molecule has 0 unspecified atom stereocenters. The SMILES string of the molecule is CCOC(=O)c1sc(N)c(C#N)c1COC(=O)CCC(C)=O. The van der Waals surface area contributed by atoms with Gasteiger partial charge in [-0.05, 0) is 13.8 Å². The molecule has 0 aliphatic heterocycles. The van der Waals surface area contributed by atoms with E-state index >= 15 is 0 Å². The molecule has 0 spiro atoms. The number of nitrogens with two attached hydrogens (primary N) is 1. The molecular weight excluding hydrogens is 308 g/mol. The summed E-state index contributed by atoms with van der Waals surface area (Å²) < 4.78 is 9.89. The van der Waals surface area contributed by atoms with Crippen LogP contribution in [0.15, 0.2) is 0 Å². The summed E-state index contributed by atoms with van der Waals surface area (Å²) in [5.74, 6) is -1.32. The Hall–Kier alpha value is -2.40. The molecule has 2 N–H and O–H groups in total. The number of nitriles is 1. The highest BCUT2D eigenvalue weighted by molar-refractivity contribution is 7.18. The first-order valence-electron chi connectivity index (χ1n) is 6.54. The van der Waals surface area contributed by atoms with E-state index in [0.29, 0.717) is 0 Å². The molecule has 1 heterocycles. The van der Waals surface area contributed by atoms with Crippen LogP contribution in [-0.2, 0) is 25.7 Å². The van der Waals surface area contributed by atoms with Gasteiger partial charge in [-0.1, -0.05) is 0 Å². The van der Waals surface area contributed by atoms with Gasteiger partial charge in [0.05, 0.1) is 18.6 Å². The lowest BCUT2D eigenvalue weighted by Gasteiger charge is -2.06. The molecule has 0 aliphatic rings. The lowest BCUT2D eigenvalue weighted by molar-refractivity contribution is -0.146. The summed E-state index contributed by atoms with van der Waals surface area (Å²) in [6.45, 7) is 2.94. The summed E-state index contributed by atoms with van der Waals surface area (Å²) >= 11 is 0.919. The van der Waals surface area contributed by atoms with Gasteiger partial charge in [-0.15, -0.1) is 11.3 Å². The van der Waals surface area contributed by atoms with Crippen molar-refractivity contribution in [1.29, 1.82) is 5.26 Å². The van der Waals surface area contributed by atoms with Crippen molar-refractivity contribution >= 4 is 34.1 Å². The van der Waals surface area contributed by atoms with E-state index < -0.39 is 11.9 Å². The minimum atomic E-state index is -0.615. The van der Waals surface area contributed by atoms with Crippen LogP contribution in [0.4, 0.5) is 5.00 Å². The van der Waals surface area contributed by atoms with Crippen molar-refractivity contribution in [3.8, 4) is 6.07 Å². The summed E-state index contributed by atoms with van der Waals surface area (Å²) in [5, 5.41) is 9.27. The Morgan fingerprint density at radius 1 is 1.27 bits per heavy atom. The van der Waals surface area contributed by atoms with E-state index in [1.807, 2.05) is 6.07 Å². The van der Waals surface area contributed by atoms with Crippen LogP contribution in [0.5, 0.6) is 0 Å². The van der Waals surface area contributed by atoms with Crippen LogP contribution >= 0.6 is 11.3 Å². The number of hydrogen-bond donors (Lipinski definition) is 1. The topological polar surface area (TPSA) is 119 Å². The minimum Gasteiger partial charge on any atom is -0.462 e. The van der Waals surface area contributed by atoms with E-state index in [-0.39, 0.29) is 52.8 Å². The number of ketones is 1. The molecule has 0 bridgehead atoms. The first kappa shape index (κ1) is 17.7. The van der Waals surface area contributed by atoms with Crippen molar-refractivity contribution in [2.45, 2.75) is 33.3 Å². The van der Waals surface area contributed by atoms with Gasteiger partial charge in [-0.3, -0.25) is 4.79 Å². The van der Waals surface area contributed by atoms with E-state index in [1.54, 1.807) is 6.92 Å². The number of thiophene rings is 1. The molecule has 0 aliphatic carbocycles. The van der Waals surface area contributed by atoms with Gasteiger partial charge in [0.25, 0.3) is 0 Å². The highest BCUT2D eigenvalue weighted by atomic mass is 32.1. The smallest absolute Gasteiger partial charge is 0.348 e. The molecule has 1 rings (SSSR count). The Labute approximate surface area is 131 Å². The first-order valence-corrected chi connectivity index (χ1v) is 7.35. The molecule has 22 heavy (non-hydrogen) atoms. The molecular formula is C14H16N2O5S. The van der Waals surface area contributed by atoms with Crippen molar-refractivity contribution in [1.82, 2.24) is 0 Å². The van der Waals surface area contributed by atoms with Crippen LogP contribution in [0.3, 0.4) is 0 Å². The standard InChI is InChI=1S/C14H16N2O5S/c1-3-20-14(19)12-10(9(6-15)13(16)22-12)7-21-11(18)5-4-8(2)17/h3-5,7,16H2,1-2H3. The van der Waals surface area contributed by atoms with Crippen LogP contribution in [0, 0.1) is 11.3 Å². The number of rotatable bonds is 7. The fourth-order valence-corrected chi connectivity index (χ4v) is 2.53. The Bertz CT molecular complexity index is 630. The lowest BCUT2D eigenvalue weighted by atomic mass is 10.1. The van der Waals surface area contributed by atoms with Gasteiger partial charge in [0, 0.05) is 12.0 Å². The lowest BCUT2D eigenvalue weighted by Crippen LogP contribution is -2.10. The van der Waals surface area contributed by atoms with Gasteiger partial charge in [-0.2, -0.15) is 5.26 Å². The van der Waals surface area contributed by atoms with Crippen LogP contribution in [0.2, 0.25) is 0 Å². The second-order valence-corrected chi connectivity index (χ2v) is 5.40. The van der Waals surface area contributed by atoms with Gasteiger partial charge >= 0.3 is 11.9 Å². The molecule has 0 atom stereocenters. The molecule has 0 amide bonds. The maximum atomic E-state index is 11.8. The van der Waals surface area contributed by atoms with E-state index in [9.17, 15) is 14.4 Å². The summed E-state index contributed by atoms with van der Waals surface area (Å²) in [7, 11) is 0. The number of carbonyl (C=O) groups excluding carboxylic acids is 3. The maximum absolute atomic E-state index is 11.8. The van der Waals surface area contributed by atoms with Gasteiger partial charge in [-0.25, -0.2) is 4.79 Å². The van der Waals surface area contributed by atoms with Gasteiger partial charge in [0.15, 0.2) is 0 Å². The molecule has 0 saturated heterocycles. The van der Waals surface area contributed by atoms with Gasteiger partial charge < -0.3 is 20.0 Å². The predicted molar refractivity (Wildman–Crippen MR) is 79.1 cm³/mol. The molecule has 118 valence electrons. The number of carbonyl (C=O) groups is 3. The largest absolute Gasteiger partial charge is 0.462 e. The van der Waals surface area contributed by atoms with E-state index in [2.05, 4.69) is 0 Å². The fraction of sp³-hybridized carbons (Fsp3) is 0.429. The Morgan fingerprint density at radius 3 is 2.50 bits per heavy atom. The second kappa shape index (κ2) is 8.14. The number of nitrogen functional groups attached to an aromatic ring is 1. The van der Waals surface area contributed by atoms with Crippen molar-refractivity contribution < 1.29 is 23.9 Å².